The third-order valence-electron chi connectivity index (χ3n) is 2.15. The van der Waals surface area contributed by atoms with Crippen LogP contribution >= 0.6 is 15.9 Å². The summed E-state index contributed by atoms with van der Waals surface area (Å²) in [5.41, 5.74) is 2.49. The first-order valence-electron chi connectivity index (χ1n) is 4.32. The van der Waals surface area contributed by atoms with Crippen molar-refractivity contribution in [1.82, 2.24) is 0 Å². The molecule has 1 nitrogen and oxygen atoms in total. The first-order valence-corrected chi connectivity index (χ1v) is 5.11. The maximum absolute atomic E-state index is 9.90. The Morgan fingerprint density at radius 1 is 1.23 bits per heavy atom. The molecule has 2 heteroatoms. The predicted molar refractivity (Wildman–Crippen MR) is 58.9 cm³/mol. The molecular formula is C11H15BrO. The van der Waals surface area contributed by atoms with E-state index < -0.39 is 5.60 Å². The van der Waals surface area contributed by atoms with Crippen molar-refractivity contribution in [3.05, 3.63) is 33.3 Å². The van der Waals surface area contributed by atoms with Gasteiger partial charge in [-0.2, -0.15) is 0 Å². The standard InChI is InChI=1S/C11H15BrO/c1-7-5-9(11(3,4)13)8(2)10(12)6-7/h5-6,13H,1-4H3. The molecule has 1 N–H and O–H groups in total. The molecule has 0 atom stereocenters. The highest BCUT2D eigenvalue weighted by Crippen LogP contribution is 2.29. The van der Waals surface area contributed by atoms with Gasteiger partial charge in [0.2, 0.25) is 0 Å². The number of halogens is 1. The smallest absolute Gasteiger partial charge is 0.0843 e. The molecule has 0 heterocycles. The van der Waals surface area contributed by atoms with Crippen molar-refractivity contribution in [2.75, 3.05) is 0 Å². The van der Waals surface area contributed by atoms with Crippen LogP contribution in [0.4, 0.5) is 0 Å². The van der Waals surface area contributed by atoms with Crippen molar-refractivity contribution in [2.24, 2.45) is 0 Å². The largest absolute Gasteiger partial charge is 0.386 e. The lowest BCUT2D eigenvalue weighted by Crippen LogP contribution is -2.17. The Hall–Kier alpha value is -0.340. The van der Waals surface area contributed by atoms with Gasteiger partial charge in [0.15, 0.2) is 0 Å². The van der Waals surface area contributed by atoms with E-state index in [1.807, 2.05) is 19.9 Å². The van der Waals surface area contributed by atoms with Crippen LogP contribution in [0.1, 0.15) is 30.5 Å². The Morgan fingerprint density at radius 2 is 1.77 bits per heavy atom. The maximum Gasteiger partial charge on any atom is 0.0843 e. The summed E-state index contributed by atoms with van der Waals surface area (Å²) in [6.07, 6.45) is 0. The summed E-state index contributed by atoms with van der Waals surface area (Å²) < 4.78 is 1.06. The summed E-state index contributed by atoms with van der Waals surface area (Å²) in [6.45, 7) is 7.65. The molecule has 0 aromatic heterocycles. The Balaban J connectivity index is 3.37. The monoisotopic (exact) mass is 242 g/mol. The SMILES string of the molecule is Cc1cc(Br)c(C)c(C(C)(C)O)c1. The fraction of sp³-hybridized carbons (Fsp3) is 0.455. The van der Waals surface area contributed by atoms with Gasteiger partial charge in [0.1, 0.15) is 0 Å². The van der Waals surface area contributed by atoms with Crippen molar-refractivity contribution in [2.45, 2.75) is 33.3 Å². The topological polar surface area (TPSA) is 20.2 Å². The van der Waals surface area contributed by atoms with Crippen molar-refractivity contribution in [3.63, 3.8) is 0 Å². The third kappa shape index (κ3) is 2.32. The van der Waals surface area contributed by atoms with Gasteiger partial charge < -0.3 is 5.11 Å². The van der Waals surface area contributed by atoms with Crippen LogP contribution in [0.2, 0.25) is 0 Å². The van der Waals surface area contributed by atoms with Gasteiger partial charge in [-0.1, -0.05) is 22.0 Å². The quantitative estimate of drug-likeness (QED) is 0.802. The first kappa shape index (κ1) is 10.7. The van der Waals surface area contributed by atoms with E-state index in [1.54, 1.807) is 13.8 Å². The molecule has 0 amide bonds. The zero-order chi connectivity index (χ0) is 10.2. The number of aryl methyl sites for hydroxylation is 1. The fourth-order valence-electron chi connectivity index (χ4n) is 1.45. The lowest BCUT2D eigenvalue weighted by molar-refractivity contribution is 0.0778. The van der Waals surface area contributed by atoms with E-state index in [-0.39, 0.29) is 0 Å². The third-order valence-corrected chi connectivity index (χ3v) is 2.97. The molecule has 0 aliphatic rings. The van der Waals surface area contributed by atoms with Gasteiger partial charge in [0.25, 0.3) is 0 Å². The summed E-state index contributed by atoms with van der Waals surface area (Å²) in [4.78, 5) is 0. The van der Waals surface area contributed by atoms with Crippen LogP contribution in [0, 0.1) is 13.8 Å². The highest BCUT2D eigenvalue weighted by Gasteiger charge is 2.19. The molecule has 0 saturated heterocycles. The highest BCUT2D eigenvalue weighted by atomic mass is 79.9. The molecule has 72 valence electrons. The molecule has 1 rings (SSSR count). The van der Waals surface area contributed by atoms with Gasteiger partial charge >= 0.3 is 0 Å². The average molecular weight is 243 g/mol. The molecule has 13 heavy (non-hydrogen) atoms. The van der Waals surface area contributed by atoms with E-state index in [1.165, 1.54) is 0 Å². The maximum atomic E-state index is 9.90. The molecule has 0 aliphatic carbocycles. The Labute approximate surface area is 87.9 Å². The molecule has 1 aromatic rings. The number of aliphatic hydroxyl groups is 1. The van der Waals surface area contributed by atoms with Crippen LogP contribution in [0.15, 0.2) is 16.6 Å². The predicted octanol–water partition coefficient (Wildman–Crippen LogP) is 3.29. The molecular weight excluding hydrogens is 228 g/mol. The van der Waals surface area contributed by atoms with Crippen LogP contribution in [0.25, 0.3) is 0 Å². The summed E-state index contributed by atoms with van der Waals surface area (Å²) >= 11 is 3.48. The molecule has 0 radical (unpaired) electrons. The van der Waals surface area contributed by atoms with Crippen molar-refractivity contribution in [1.29, 1.82) is 0 Å². The van der Waals surface area contributed by atoms with E-state index in [0.29, 0.717) is 0 Å². The fourth-order valence-corrected chi connectivity index (χ4v) is 2.02. The number of rotatable bonds is 1. The van der Waals surface area contributed by atoms with Crippen molar-refractivity contribution in [3.8, 4) is 0 Å². The van der Waals surface area contributed by atoms with Gasteiger partial charge in [0, 0.05) is 4.47 Å². The van der Waals surface area contributed by atoms with Crippen LogP contribution < -0.4 is 0 Å². The molecule has 1 aromatic carbocycles. The summed E-state index contributed by atoms with van der Waals surface area (Å²) in [5.74, 6) is 0. The zero-order valence-corrected chi connectivity index (χ0v) is 10.1. The van der Waals surface area contributed by atoms with E-state index in [9.17, 15) is 5.11 Å². The second kappa shape index (κ2) is 3.43. The van der Waals surface area contributed by atoms with Gasteiger partial charge in [-0.05, 0) is 50.5 Å². The summed E-state index contributed by atoms with van der Waals surface area (Å²) in [7, 11) is 0. The van der Waals surface area contributed by atoms with Crippen molar-refractivity contribution >= 4 is 15.9 Å². The van der Waals surface area contributed by atoms with Gasteiger partial charge in [-0.25, -0.2) is 0 Å². The normalized spacial score (nSPS) is 11.8. The second-order valence-corrected chi connectivity index (χ2v) is 4.83. The summed E-state index contributed by atoms with van der Waals surface area (Å²) in [5, 5.41) is 9.90. The molecule has 0 saturated carbocycles. The molecule has 0 fully saturated rings. The molecule has 0 bridgehead atoms. The first-order chi connectivity index (χ1) is 5.82. The molecule has 0 aliphatic heterocycles. The Morgan fingerprint density at radius 3 is 2.23 bits per heavy atom. The summed E-state index contributed by atoms with van der Waals surface area (Å²) in [6, 6.07) is 4.09. The minimum atomic E-state index is -0.765. The van der Waals surface area contributed by atoms with Gasteiger partial charge in [-0.15, -0.1) is 0 Å². The minimum Gasteiger partial charge on any atom is -0.386 e. The molecule has 0 unspecified atom stereocenters. The Kier molecular flexibility index (Phi) is 2.83. The minimum absolute atomic E-state index is 0.765. The zero-order valence-electron chi connectivity index (χ0n) is 8.48. The lowest BCUT2D eigenvalue weighted by Gasteiger charge is -2.21. The van der Waals surface area contributed by atoms with Crippen LogP contribution in [-0.2, 0) is 5.60 Å². The Bertz CT molecular complexity index is 324. The van der Waals surface area contributed by atoms with Gasteiger partial charge in [-0.3, -0.25) is 0 Å². The number of benzene rings is 1. The van der Waals surface area contributed by atoms with Gasteiger partial charge in [0.05, 0.1) is 5.60 Å². The lowest BCUT2D eigenvalue weighted by atomic mass is 9.92. The van der Waals surface area contributed by atoms with E-state index in [4.69, 9.17) is 0 Å². The highest BCUT2D eigenvalue weighted by molar-refractivity contribution is 9.10. The van der Waals surface area contributed by atoms with E-state index in [2.05, 4.69) is 22.0 Å². The van der Waals surface area contributed by atoms with Crippen LogP contribution in [-0.4, -0.2) is 5.11 Å². The van der Waals surface area contributed by atoms with E-state index >= 15 is 0 Å². The molecule has 0 spiro atoms. The van der Waals surface area contributed by atoms with Crippen LogP contribution in [0.5, 0.6) is 0 Å². The van der Waals surface area contributed by atoms with Crippen LogP contribution in [0.3, 0.4) is 0 Å². The number of hydrogen-bond donors (Lipinski definition) is 1. The second-order valence-electron chi connectivity index (χ2n) is 3.98. The van der Waals surface area contributed by atoms with E-state index in [0.717, 1.165) is 21.2 Å². The number of hydrogen-bond acceptors (Lipinski definition) is 1. The van der Waals surface area contributed by atoms with Crippen molar-refractivity contribution < 1.29 is 5.11 Å². The average Bonchev–Trinajstić information content (AvgIpc) is 1.94.